The van der Waals surface area contributed by atoms with E-state index in [0.29, 0.717) is 0 Å². The molecule has 4 nitrogen and oxygen atoms in total. The second-order valence-electron chi connectivity index (χ2n) is 3.54. The van der Waals surface area contributed by atoms with Gasteiger partial charge in [0.25, 0.3) is 0 Å². The third-order valence-corrected chi connectivity index (χ3v) is 5.49. The first-order valence-corrected chi connectivity index (χ1v) is 6.99. The Kier molecular flexibility index (Phi) is 3.53. The van der Waals surface area contributed by atoms with Crippen molar-refractivity contribution in [2.45, 2.75) is 0 Å². The summed E-state index contributed by atoms with van der Waals surface area (Å²) in [7, 11) is 2.02. The molecule has 0 fully saturated rings. The Balaban J connectivity index is 2.69. The van der Waals surface area contributed by atoms with Gasteiger partial charge in [0.1, 0.15) is 0 Å². The third-order valence-electron chi connectivity index (χ3n) is 2.79. The van der Waals surface area contributed by atoms with Gasteiger partial charge in [-0.3, -0.25) is 4.98 Å². The van der Waals surface area contributed by atoms with E-state index >= 15 is 0 Å². The molecule has 1 aromatic carbocycles. The van der Waals surface area contributed by atoms with E-state index in [9.17, 15) is 0 Å². The molecule has 90 valence electrons. The molecular formula is C12H15NO3Si. The number of nitrogens with zero attached hydrogens (tertiary/aromatic N) is 1. The van der Waals surface area contributed by atoms with Gasteiger partial charge in [0.2, 0.25) is 0 Å². The molecule has 2 rings (SSSR count). The molecule has 17 heavy (non-hydrogen) atoms. The van der Waals surface area contributed by atoms with Crippen LogP contribution in [0.2, 0.25) is 0 Å². The number of benzene rings is 1. The van der Waals surface area contributed by atoms with Gasteiger partial charge in [-0.05, 0) is 12.1 Å². The quantitative estimate of drug-likeness (QED) is 0.766. The van der Waals surface area contributed by atoms with Crippen LogP contribution in [-0.4, -0.2) is 35.1 Å². The minimum atomic E-state index is -2.80. The van der Waals surface area contributed by atoms with Crippen molar-refractivity contribution >= 4 is 24.9 Å². The molecule has 0 bridgehead atoms. The summed E-state index contributed by atoms with van der Waals surface area (Å²) in [4.78, 5) is 4.31. The lowest BCUT2D eigenvalue weighted by Crippen LogP contribution is -2.54. The minimum Gasteiger partial charge on any atom is -0.373 e. The van der Waals surface area contributed by atoms with E-state index in [1.165, 1.54) is 0 Å². The number of fused-ring (bicyclic) bond motifs is 1. The zero-order valence-electron chi connectivity index (χ0n) is 10.1. The molecule has 1 heterocycles. The largest absolute Gasteiger partial charge is 0.537 e. The van der Waals surface area contributed by atoms with Crippen molar-refractivity contribution in [2.75, 3.05) is 21.3 Å². The fraction of sp³-hybridized carbons (Fsp3) is 0.250. The summed E-state index contributed by atoms with van der Waals surface area (Å²) in [6.07, 6.45) is 1.75. The van der Waals surface area contributed by atoms with E-state index in [-0.39, 0.29) is 0 Å². The molecule has 0 radical (unpaired) electrons. The summed E-state index contributed by atoms with van der Waals surface area (Å²) in [5, 5.41) is 1.95. The number of rotatable bonds is 4. The van der Waals surface area contributed by atoms with Crippen molar-refractivity contribution in [1.29, 1.82) is 0 Å². The molecule has 0 atom stereocenters. The fourth-order valence-electron chi connectivity index (χ4n) is 1.94. The molecule has 0 amide bonds. The average molecular weight is 249 g/mol. The Morgan fingerprint density at radius 3 is 2.24 bits per heavy atom. The molecule has 0 aliphatic carbocycles. The highest BCUT2D eigenvalue weighted by molar-refractivity contribution is 6.77. The van der Waals surface area contributed by atoms with Gasteiger partial charge in [0, 0.05) is 38.1 Å². The lowest BCUT2D eigenvalue weighted by Gasteiger charge is -2.25. The maximum absolute atomic E-state index is 5.50. The van der Waals surface area contributed by atoms with Crippen molar-refractivity contribution in [3.8, 4) is 0 Å². The van der Waals surface area contributed by atoms with Gasteiger partial charge < -0.3 is 13.3 Å². The predicted octanol–water partition coefficient (Wildman–Crippen LogP) is 1.32. The molecule has 0 unspecified atom stereocenters. The second-order valence-corrected chi connectivity index (χ2v) is 6.42. The number of aromatic nitrogens is 1. The second kappa shape index (κ2) is 4.93. The van der Waals surface area contributed by atoms with Gasteiger partial charge in [0.15, 0.2) is 0 Å². The molecule has 0 spiro atoms. The van der Waals surface area contributed by atoms with Gasteiger partial charge in [-0.25, -0.2) is 0 Å². The highest BCUT2D eigenvalue weighted by atomic mass is 28.4. The normalized spacial score (nSPS) is 11.9. The van der Waals surface area contributed by atoms with E-state index in [1.807, 2.05) is 30.3 Å². The first-order chi connectivity index (χ1) is 8.27. The van der Waals surface area contributed by atoms with Crippen LogP contribution in [0.1, 0.15) is 0 Å². The van der Waals surface area contributed by atoms with Crippen LogP contribution < -0.4 is 5.19 Å². The Labute approximate surface area is 102 Å². The summed E-state index contributed by atoms with van der Waals surface area (Å²) >= 11 is 0. The molecule has 0 saturated carbocycles. The number of pyridine rings is 1. The zero-order valence-corrected chi connectivity index (χ0v) is 11.1. The van der Waals surface area contributed by atoms with Gasteiger partial charge in [-0.1, -0.05) is 18.2 Å². The van der Waals surface area contributed by atoms with Crippen LogP contribution >= 0.6 is 0 Å². The fourth-order valence-corrected chi connectivity index (χ4v) is 3.92. The average Bonchev–Trinajstić information content (AvgIpc) is 2.41. The van der Waals surface area contributed by atoms with Crippen LogP contribution in [0.25, 0.3) is 10.9 Å². The van der Waals surface area contributed by atoms with Crippen LogP contribution in [0.15, 0.2) is 36.5 Å². The van der Waals surface area contributed by atoms with Crippen LogP contribution in [0, 0.1) is 0 Å². The summed E-state index contributed by atoms with van der Waals surface area (Å²) in [6.45, 7) is 0. The summed E-state index contributed by atoms with van der Waals surface area (Å²) in [6, 6.07) is 9.77. The van der Waals surface area contributed by atoms with Crippen LogP contribution in [-0.2, 0) is 13.3 Å². The lowest BCUT2D eigenvalue weighted by molar-refractivity contribution is 0.140. The van der Waals surface area contributed by atoms with Crippen LogP contribution in [0.4, 0.5) is 0 Å². The zero-order chi connectivity index (χ0) is 12.3. The monoisotopic (exact) mass is 249 g/mol. The van der Waals surface area contributed by atoms with E-state index in [1.54, 1.807) is 27.5 Å². The highest BCUT2D eigenvalue weighted by Crippen LogP contribution is 2.15. The predicted molar refractivity (Wildman–Crippen MR) is 68.2 cm³/mol. The summed E-state index contributed by atoms with van der Waals surface area (Å²) in [5.74, 6) is 0. The van der Waals surface area contributed by atoms with E-state index in [4.69, 9.17) is 13.3 Å². The Morgan fingerprint density at radius 1 is 0.941 bits per heavy atom. The lowest BCUT2D eigenvalue weighted by atomic mass is 10.2. The van der Waals surface area contributed by atoms with Crippen LogP contribution in [0.5, 0.6) is 0 Å². The van der Waals surface area contributed by atoms with Gasteiger partial charge in [0.05, 0.1) is 5.52 Å². The van der Waals surface area contributed by atoms with Crippen molar-refractivity contribution in [2.24, 2.45) is 0 Å². The molecule has 0 N–H and O–H groups in total. The van der Waals surface area contributed by atoms with E-state index in [2.05, 4.69) is 4.98 Å². The summed E-state index contributed by atoms with van der Waals surface area (Å²) < 4.78 is 16.5. The van der Waals surface area contributed by atoms with Crippen molar-refractivity contribution in [3.05, 3.63) is 36.5 Å². The minimum absolute atomic E-state index is 0.910. The van der Waals surface area contributed by atoms with Crippen LogP contribution in [0.3, 0.4) is 0 Å². The first kappa shape index (κ1) is 12.2. The molecule has 0 aliphatic rings. The molecule has 1 aromatic heterocycles. The molecular weight excluding hydrogens is 234 g/mol. The Bertz CT molecular complexity index is 500. The molecule has 0 saturated heterocycles. The van der Waals surface area contributed by atoms with Crippen molar-refractivity contribution in [3.63, 3.8) is 0 Å². The Hall–Kier alpha value is -1.27. The maximum Gasteiger partial charge on any atom is 0.537 e. The highest BCUT2D eigenvalue weighted by Gasteiger charge is 2.42. The van der Waals surface area contributed by atoms with Crippen molar-refractivity contribution < 1.29 is 13.3 Å². The van der Waals surface area contributed by atoms with E-state index < -0.39 is 8.80 Å². The standard InChI is InChI=1S/C12H15NO3Si/c1-14-17(15-2,16-3)12-8-9-13-11-7-5-4-6-10(11)12/h4-9H,1-3H3. The smallest absolute Gasteiger partial charge is 0.373 e. The number of hydrogen-bond acceptors (Lipinski definition) is 4. The Morgan fingerprint density at radius 2 is 1.59 bits per heavy atom. The third kappa shape index (κ3) is 1.98. The topological polar surface area (TPSA) is 40.6 Å². The van der Waals surface area contributed by atoms with Gasteiger partial charge in [-0.2, -0.15) is 0 Å². The van der Waals surface area contributed by atoms with Gasteiger partial charge in [-0.15, -0.1) is 0 Å². The molecule has 2 aromatic rings. The van der Waals surface area contributed by atoms with Gasteiger partial charge >= 0.3 is 8.80 Å². The molecule has 0 aliphatic heterocycles. The van der Waals surface area contributed by atoms with E-state index in [0.717, 1.165) is 16.1 Å². The first-order valence-electron chi connectivity index (χ1n) is 5.27. The molecule has 5 heteroatoms. The number of hydrogen-bond donors (Lipinski definition) is 0. The summed E-state index contributed by atoms with van der Waals surface area (Å²) in [5.41, 5.74) is 0.910. The number of para-hydroxylation sites is 1. The SMILES string of the molecule is CO[Si](OC)(OC)c1ccnc2ccccc12. The van der Waals surface area contributed by atoms with Crippen molar-refractivity contribution in [1.82, 2.24) is 4.98 Å². The maximum atomic E-state index is 5.50.